The van der Waals surface area contributed by atoms with Gasteiger partial charge in [0.05, 0.1) is 29.5 Å². The number of hydrogen-bond donors (Lipinski definition) is 1. The maximum Gasteiger partial charge on any atom is 0.266 e. The van der Waals surface area contributed by atoms with E-state index in [0.717, 1.165) is 12.8 Å². The molecule has 0 aliphatic rings. The molecular formula is C22H25N3O3S. The molecule has 1 N–H and O–H groups in total. The summed E-state index contributed by atoms with van der Waals surface area (Å²) in [7, 11) is 1.60. The first-order valence-electron chi connectivity index (χ1n) is 9.62. The van der Waals surface area contributed by atoms with Gasteiger partial charge >= 0.3 is 0 Å². The minimum atomic E-state index is -0.164. The Morgan fingerprint density at radius 1 is 1.21 bits per heavy atom. The Morgan fingerprint density at radius 3 is 2.62 bits per heavy atom. The van der Waals surface area contributed by atoms with Crippen LogP contribution in [0.1, 0.15) is 26.7 Å². The van der Waals surface area contributed by atoms with Gasteiger partial charge in [-0.1, -0.05) is 37.2 Å². The van der Waals surface area contributed by atoms with Gasteiger partial charge in [-0.25, -0.2) is 4.98 Å². The summed E-state index contributed by atoms with van der Waals surface area (Å²) in [6, 6.07) is 14.6. The summed E-state index contributed by atoms with van der Waals surface area (Å²) < 4.78 is 6.76. The maximum absolute atomic E-state index is 13.2. The number of para-hydroxylation sites is 1. The second-order valence-corrected chi connectivity index (χ2v) is 7.74. The van der Waals surface area contributed by atoms with Gasteiger partial charge in [0.1, 0.15) is 5.75 Å². The molecule has 0 unspecified atom stereocenters. The first kappa shape index (κ1) is 20.9. The van der Waals surface area contributed by atoms with Gasteiger partial charge in [-0.05, 0) is 49.7 Å². The van der Waals surface area contributed by atoms with Gasteiger partial charge in [0.2, 0.25) is 5.91 Å². The van der Waals surface area contributed by atoms with Crippen molar-refractivity contribution in [3.05, 3.63) is 58.9 Å². The van der Waals surface area contributed by atoms with Crippen LogP contribution in [-0.4, -0.2) is 34.4 Å². The van der Waals surface area contributed by atoms with Crippen LogP contribution in [0.5, 0.6) is 5.75 Å². The highest BCUT2D eigenvalue weighted by Crippen LogP contribution is 2.22. The molecule has 0 saturated carbocycles. The van der Waals surface area contributed by atoms with E-state index in [-0.39, 0.29) is 23.3 Å². The van der Waals surface area contributed by atoms with E-state index in [4.69, 9.17) is 4.74 Å². The minimum Gasteiger partial charge on any atom is -0.497 e. The second kappa shape index (κ2) is 9.60. The normalized spacial score (nSPS) is 12.0. The van der Waals surface area contributed by atoms with E-state index >= 15 is 0 Å². The van der Waals surface area contributed by atoms with Crippen LogP contribution in [0.2, 0.25) is 0 Å². The molecule has 1 aromatic heterocycles. The molecule has 3 aromatic rings. The predicted octanol–water partition coefficient (Wildman–Crippen LogP) is 3.79. The number of rotatable bonds is 8. The monoisotopic (exact) mass is 411 g/mol. The minimum absolute atomic E-state index is 0.0698. The molecule has 0 bridgehead atoms. The molecule has 0 spiro atoms. The number of benzene rings is 2. The lowest BCUT2D eigenvalue weighted by Crippen LogP contribution is -2.34. The third-order valence-corrected chi connectivity index (χ3v) is 5.48. The Balaban J connectivity index is 1.96. The smallest absolute Gasteiger partial charge is 0.266 e. The number of amides is 1. The van der Waals surface area contributed by atoms with Gasteiger partial charge in [0.25, 0.3) is 5.56 Å². The Bertz CT molecular complexity index is 1050. The summed E-state index contributed by atoms with van der Waals surface area (Å²) in [5, 5.41) is 4.00. The summed E-state index contributed by atoms with van der Waals surface area (Å²) in [5.41, 5.74) is 1.13. The largest absolute Gasteiger partial charge is 0.497 e. The van der Waals surface area contributed by atoms with E-state index in [2.05, 4.69) is 17.2 Å². The SMILES string of the molecule is CCC[C@@H](C)NC(=O)CSc1nc2ccccc2c(=O)n1-c1ccc(OC)cc1. The van der Waals surface area contributed by atoms with Gasteiger partial charge in [-0.2, -0.15) is 0 Å². The van der Waals surface area contributed by atoms with Crippen LogP contribution in [0, 0.1) is 0 Å². The van der Waals surface area contributed by atoms with E-state index < -0.39 is 0 Å². The number of thioether (sulfide) groups is 1. The van der Waals surface area contributed by atoms with E-state index in [1.807, 2.05) is 37.3 Å². The molecule has 1 amide bonds. The molecule has 0 aliphatic carbocycles. The summed E-state index contributed by atoms with van der Waals surface area (Å²) in [5.74, 6) is 0.823. The molecule has 152 valence electrons. The van der Waals surface area contributed by atoms with Crippen LogP contribution >= 0.6 is 11.8 Å². The molecule has 0 radical (unpaired) electrons. The number of nitrogens with zero attached hydrogens (tertiary/aromatic N) is 2. The number of carbonyl (C=O) groups is 1. The first-order chi connectivity index (χ1) is 14.0. The number of ether oxygens (including phenoxy) is 1. The third-order valence-electron chi connectivity index (χ3n) is 4.54. The van der Waals surface area contributed by atoms with Crippen molar-refractivity contribution in [1.29, 1.82) is 0 Å². The molecule has 6 nitrogen and oxygen atoms in total. The number of fused-ring (bicyclic) bond motifs is 1. The van der Waals surface area contributed by atoms with Crippen LogP contribution in [-0.2, 0) is 4.79 Å². The third kappa shape index (κ3) is 4.98. The molecule has 0 saturated heterocycles. The van der Waals surface area contributed by atoms with Gasteiger partial charge in [0, 0.05) is 6.04 Å². The predicted molar refractivity (Wildman–Crippen MR) is 117 cm³/mol. The fourth-order valence-corrected chi connectivity index (χ4v) is 3.94. The summed E-state index contributed by atoms with van der Waals surface area (Å²) in [6.07, 6.45) is 1.94. The van der Waals surface area contributed by atoms with Crippen LogP contribution < -0.4 is 15.6 Å². The average molecular weight is 412 g/mol. The molecule has 0 fully saturated rings. The summed E-state index contributed by atoms with van der Waals surface area (Å²) >= 11 is 1.26. The Hall–Kier alpha value is -2.80. The standard InChI is InChI=1S/C22H25N3O3S/c1-4-7-15(2)23-20(26)14-29-22-24-19-9-6-5-8-18(19)21(27)25(22)16-10-12-17(28-3)13-11-16/h5-6,8-13,15H,4,7,14H2,1-3H3,(H,23,26)/t15-/m1/s1. The van der Waals surface area contributed by atoms with E-state index in [0.29, 0.717) is 27.5 Å². The number of carbonyl (C=O) groups excluding carboxylic acids is 1. The average Bonchev–Trinajstić information content (AvgIpc) is 2.73. The zero-order chi connectivity index (χ0) is 20.8. The molecule has 29 heavy (non-hydrogen) atoms. The maximum atomic E-state index is 13.2. The molecule has 1 atom stereocenters. The highest BCUT2D eigenvalue weighted by Gasteiger charge is 2.15. The van der Waals surface area contributed by atoms with Crippen LogP contribution in [0.15, 0.2) is 58.5 Å². The molecule has 1 heterocycles. The molecule has 3 rings (SSSR count). The van der Waals surface area contributed by atoms with Crippen molar-refractivity contribution >= 4 is 28.6 Å². The van der Waals surface area contributed by atoms with Gasteiger partial charge in [-0.3, -0.25) is 14.2 Å². The molecule has 7 heteroatoms. The number of hydrogen-bond acceptors (Lipinski definition) is 5. The van der Waals surface area contributed by atoms with Gasteiger partial charge < -0.3 is 10.1 Å². The zero-order valence-electron chi connectivity index (χ0n) is 16.8. The van der Waals surface area contributed by atoms with E-state index in [1.54, 1.807) is 29.9 Å². The fourth-order valence-electron chi connectivity index (χ4n) is 3.12. The zero-order valence-corrected chi connectivity index (χ0v) is 17.7. The topological polar surface area (TPSA) is 73.2 Å². The van der Waals surface area contributed by atoms with Crippen molar-refractivity contribution in [3.63, 3.8) is 0 Å². The number of methoxy groups -OCH3 is 1. The van der Waals surface area contributed by atoms with Gasteiger partial charge in [-0.15, -0.1) is 0 Å². The molecular weight excluding hydrogens is 386 g/mol. The highest BCUT2D eigenvalue weighted by molar-refractivity contribution is 7.99. The highest BCUT2D eigenvalue weighted by atomic mass is 32.2. The Morgan fingerprint density at radius 2 is 1.93 bits per heavy atom. The lowest BCUT2D eigenvalue weighted by Gasteiger charge is -2.15. The Labute approximate surface area is 174 Å². The van der Waals surface area contributed by atoms with Crippen LogP contribution in [0.4, 0.5) is 0 Å². The van der Waals surface area contributed by atoms with Crippen molar-refractivity contribution in [2.24, 2.45) is 0 Å². The van der Waals surface area contributed by atoms with Crippen molar-refractivity contribution in [1.82, 2.24) is 14.9 Å². The number of aromatic nitrogens is 2. The van der Waals surface area contributed by atoms with E-state index in [9.17, 15) is 9.59 Å². The van der Waals surface area contributed by atoms with Crippen molar-refractivity contribution in [2.75, 3.05) is 12.9 Å². The van der Waals surface area contributed by atoms with Crippen LogP contribution in [0.3, 0.4) is 0 Å². The van der Waals surface area contributed by atoms with Crippen molar-refractivity contribution < 1.29 is 9.53 Å². The number of nitrogens with one attached hydrogen (secondary N) is 1. The lowest BCUT2D eigenvalue weighted by molar-refractivity contribution is -0.119. The lowest BCUT2D eigenvalue weighted by atomic mass is 10.2. The second-order valence-electron chi connectivity index (χ2n) is 6.80. The van der Waals surface area contributed by atoms with Gasteiger partial charge in [0.15, 0.2) is 5.16 Å². The Kier molecular flexibility index (Phi) is 6.93. The summed E-state index contributed by atoms with van der Waals surface area (Å²) in [6.45, 7) is 4.08. The molecule has 0 aliphatic heterocycles. The first-order valence-corrected chi connectivity index (χ1v) is 10.6. The fraction of sp³-hybridized carbons (Fsp3) is 0.318. The molecule has 2 aromatic carbocycles. The summed E-state index contributed by atoms with van der Waals surface area (Å²) in [4.78, 5) is 30.2. The van der Waals surface area contributed by atoms with Crippen molar-refractivity contribution in [3.8, 4) is 11.4 Å². The quantitative estimate of drug-likeness (QED) is 0.451. The van der Waals surface area contributed by atoms with Crippen molar-refractivity contribution in [2.45, 2.75) is 37.9 Å². The van der Waals surface area contributed by atoms with E-state index in [1.165, 1.54) is 11.8 Å². The van der Waals surface area contributed by atoms with Crippen LogP contribution in [0.25, 0.3) is 16.6 Å².